The molecule has 1 aromatic carbocycles. The highest BCUT2D eigenvalue weighted by Gasteiger charge is 2.18. The van der Waals surface area contributed by atoms with E-state index in [0.717, 1.165) is 32.4 Å². The lowest BCUT2D eigenvalue weighted by atomic mass is 10.1. The lowest BCUT2D eigenvalue weighted by Gasteiger charge is -2.27. The standard InChI is InChI=1S/C17H23N3O4/c1-19(11-8-15(21)22)17(24)18-14-7-5-6-13(12-14)16(23)20-9-3-2-4-10-20/h5-7,12H,2-4,8-11H2,1H3,(H,18,24)(H,21,22). The first kappa shape index (κ1) is 17.8. The average molecular weight is 333 g/mol. The maximum atomic E-state index is 12.5. The number of nitrogens with one attached hydrogen (secondary N) is 1. The molecule has 24 heavy (non-hydrogen) atoms. The molecule has 3 amide bonds. The zero-order valence-corrected chi connectivity index (χ0v) is 13.8. The Labute approximate surface area is 141 Å². The SMILES string of the molecule is CN(CCC(=O)O)C(=O)Nc1cccc(C(=O)N2CCCCC2)c1. The molecular formula is C17H23N3O4. The summed E-state index contributed by atoms with van der Waals surface area (Å²) < 4.78 is 0. The van der Waals surface area contributed by atoms with E-state index in [1.165, 1.54) is 11.9 Å². The average Bonchev–Trinajstić information content (AvgIpc) is 2.59. The van der Waals surface area contributed by atoms with Gasteiger partial charge in [0.25, 0.3) is 5.91 Å². The number of likely N-dealkylation sites (tertiary alicyclic amines) is 1. The Bertz CT molecular complexity index is 612. The number of benzene rings is 1. The van der Waals surface area contributed by atoms with Crippen molar-refractivity contribution in [2.45, 2.75) is 25.7 Å². The minimum absolute atomic E-state index is 0.0231. The van der Waals surface area contributed by atoms with Gasteiger partial charge >= 0.3 is 12.0 Å². The number of carbonyl (C=O) groups is 3. The molecule has 0 aromatic heterocycles. The lowest BCUT2D eigenvalue weighted by molar-refractivity contribution is -0.137. The van der Waals surface area contributed by atoms with E-state index in [1.54, 1.807) is 24.3 Å². The zero-order chi connectivity index (χ0) is 17.5. The van der Waals surface area contributed by atoms with Crippen molar-refractivity contribution in [1.29, 1.82) is 0 Å². The van der Waals surface area contributed by atoms with Crippen molar-refractivity contribution in [3.05, 3.63) is 29.8 Å². The van der Waals surface area contributed by atoms with E-state index >= 15 is 0 Å². The van der Waals surface area contributed by atoms with E-state index in [1.807, 2.05) is 4.90 Å². The van der Waals surface area contributed by atoms with Crippen LogP contribution in [0.4, 0.5) is 10.5 Å². The number of carboxylic acids is 1. The van der Waals surface area contributed by atoms with E-state index in [4.69, 9.17) is 5.11 Å². The van der Waals surface area contributed by atoms with Gasteiger partial charge in [0.2, 0.25) is 0 Å². The second-order valence-electron chi connectivity index (χ2n) is 5.93. The first-order chi connectivity index (χ1) is 11.5. The summed E-state index contributed by atoms with van der Waals surface area (Å²) in [5.41, 5.74) is 1.06. The maximum Gasteiger partial charge on any atom is 0.321 e. The molecule has 1 aromatic rings. The fraction of sp³-hybridized carbons (Fsp3) is 0.471. The molecule has 0 spiro atoms. The molecule has 1 saturated heterocycles. The van der Waals surface area contributed by atoms with Crippen LogP contribution in [0.1, 0.15) is 36.0 Å². The molecule has 0 radical (unpaired) electrons. The van der Waals surface area contributed by atoms with Gasteiger partial charge in [-0.25, -0.2) is 4.79 Å². The van der Waals surface area contributed by atoms with Crippen molar-refractivity contribution < 1.29 is 19.5 Å². The highest BCUT2D eigenvalue weighted by Crippen LogP contribution is 2.16. The van der Waals surface area contributed by atoms with Crippen LogP contribution in [0.2, 0.25) is 0 Å². The third-order valence-corrected chi connectivity index (χ3v) is 4.01. The Hall–Kier alpha value is -2.57. The van der Waals surface area contributed by atoms with E-state index in [9.17, 15) is 14.4 Å². The van der Waals surface area contributed by atoms with Gasteiger partial charge in [-0.3, -0.25) is 9.59 Å². The monoisotopic (exact) mass is 333 g/mol. The summed E-state index contributed by atoms with van der Waals surface area (Å²) in [7, 11) is 1.53. The van der Waals surface area contributed by atoms with Crippen molar-refractivity contribution in [1.82, 2.24) is 9.80 Å². The summed E-state index contributed by atoms with van der Waals surface area (Å²) in [6.07, 6.45) is 3.09. The first-order valence-electron chi connectivity index (χ1n) is 8.10. The highest BCUT2D eigenvalue weighted by molar-refractivity contribution is 5.97. The number of rotatable bonds is 5. The summed E-state index contributed by atoms with van der Waals surface area (Å²) in [5.74, 6) is -0.978. The number of anilines is 1. The fourth-order valence-corrected chi connectivity index (χ4v) is 2.59. The molecule has 0 unspecified atom stereocenters. The maximum absolute atomic E-state index is 12.5. The number of carboxylic acid groups (broad SMARTS) is 1. The first-order valence-corrected chi connectivity index (χ1v) is 8.10. The topological polar surface area (TPSA) is 90.0 Å². The Morgan fingerprint density at radius 3 is 2.58 bits per heavy atom. The van der Waals surface area contributed by atoms with Gasteiger partial charge in [-0.2, -0.15) is 0 Å². The predicted octanol–water partition coefficient (Wildman–Crippen LogP) is 2.25. The number of amides is 3. The number of nitrogens with zero attached hydrogens (tertiary/aromatic N) is 2. The molecule has 1 aliphatic rings. The Balaban J connectivity index is 1.97. The van der Waals surface area contributed by atoms with Gasteiger partial charge in [0.05, 0.1) is 6.42 Å². The molecule has 0 saturated carbocycles. The second kappa shape index (κ2) is 8.33. The van der Waals surface area contributed by atoms with Crippen molar-refractivity contribution in [2.75, 3.05) is 32.0 Å². The third kappa shape index (κ3) is 4.97. The molecule has 7 heteroatoms. The quantitative estimate of drug-likeness (QED) is 0.865. The van der Waals surface area contributed by atoms with Gasteiger partial charge in [0.15, 0.2) is 0 Å². The summed E-state index contributed by atoms with van der Waals surface area (Å²) in [6.45, 7) is 1.66. The Morgan fingerprint density at radius 1 is 1.21 bits per heavy atom. The summed E-state index contributed by atoms with van der Waals surface area (Å²) in [5, 5.41) is 11.3. The normalized spacial score (nSPS) is 14.1. The molecule has 0 atom stereocenters. The minimum Gasteiger partial charge on any atom is -0.481 e. The molecule has 7 nitrogen and oxygen atoms in total. The van der Waals surface area contributed by atoms with E-state index < -0.39 is 12.0 Å². The molecule has 2 N–H and O–H groups in total. The minimum atomic E-state index is -0.955. The predicted molar refractivity (Wildman–Crippen MR) is 90.1 cm³/mol. The molecule has 1 fully saturated rings. The molecule has 0 aliphatic carbocycles. The second-order valence-corrected chi connectivity index (χ2v) is 5.93. The Morgan fingerprint density at radius 2 is 1.92 bits per heavy atom. The summed E-state index contributed by atoms with van der Waals surface area (Å²) in [6, 6.07) is 6.42. The molecule has 0 bridgehead atoms. The van der Waals surface area contributed by atoms with Crippen LogP contribution in [0.15, 0.2) is 24.3 Å². The van der Waals surface area contributed by atoms with Crippen LogP contribution in [0.3, 0.4) is 0 Å². The van der Waals surface area contributed by atoms with Gasteiger partial charge in [-0.05, 0) is 37.5 Å². The van der Waals surface area contributed by atoms with Crippen LogP contribution in [0, 0.1) is 0 Å². The summed E-state index contributed by atoms with van der Waals surface area (Å²) in [4.78, 5) is 38.2. The number of hydrogen-bond acceptors (Lipinski definition) is 3. The van der Waals surface area contributed by atoms with Crippen LogP contribution < -0.4 is 5.32 Å². The number of urea groups is 1. The molecule has 1 heterocycles. The van der Waals surface area contributed by atoms with Crippen LogP contribution in [-0.2, 0) is 4.79 Å². The molecule has 2 rings (SSSR count). The van der Waals surface area contributed by atoms with Crippen LogP contribution in [0.5, 0.6) is 0 Å². The van der Waals surface area contributed by atoms with Crippen LogP contribution in [0.25, 0.3) is 0 Å². The third-order valence-electron chi connectivity index (χ3n) is 4.01. The van der Waals surface area contributed by atoms with Crippen LogP contribution in [-0.4, -0.2) is 59.5 Å². The van der Waals surface area contributed by atoms with Gasteiger partial charge in [0.1, 0.15) is 0 Å². The fourth-order valence-electron chi connectivity index (χ4n) is 2.59. The zero-order valence-electron chi connectivity index (χ0n) is 13.8. The van der Waals surface area contributed by atoms with Crippen molar-refractivity contribution in [3.8, 4) is 0 Å². The van der Waals surface area contributed by atoms with E-state index in [0.29, 0.717) is 11.3 Å². The van der Waals surface area contributed by atoms with Gasteiger partial charge in [-0.15, -0.1) is 0 Å². The van der Waals surface area contributed by atoms with E-state index in [-0.39, 0.29) is 18.9 Å². The number of carbonyl (C=O) groups excluding carboxylic acids is 2. The van der Waals surface area contributed by atoms with Crippen LogP contribution >= 0.6 is 0 Å². The largest absolute Gasteiger partial charge is 0.481 e. The smallest absolute Gasteiger partial charge is 0.321 e. The van der Waals surface area contributed by atoms with Gasteiger partial charge < -0.3 is 20.2 Å². The number of piperidine rings is 1. The van der Waals surface area contributed by atoms with E-state index in [2.05, 4.69) is 5.32 Å². The molecular weight excluding hydrogens is 310 g/mol. The number of aliphatic carboxylic acids is 1. The highest BCUT2D eigenvalue weighted by atomic mass is 16.4. The van der Waals surface area contributed by atoms with Crippen molar-refractivity contribution >= 4 is 23.6 Å². The molecule has 130 valence electrons. The van der Waals surface area contributed by atoms with Crippen molar-refractivity contribution in [2.24, 2.45) is 0 Å². The van der Waals surface area contributed by atoms with Gasteiger partial charge in [0, 0.05) is 37.9 Å². The lowest BCUT2D eigenvalue weighted by Crippen LogP contribution is -2.35. The number of hydrogen-bond donors (Lipinski definition) is 2. The molecule has 1 aliphatic heterocycles. The van der Waals surface area contributed by atoms with Crippen molar-refractivity contribution in [3.63, 3.8) is 0 Å². The Kier molecular flexibility index (Phi) is 6.17. The van der Waals surface area contributed by atoms with Gasteiger partial charge in [-0.1, -0.05) is 6.07 Å². The summed E-state index contributed by atoms with van der Waals surface area (Å²) >= 11 is 0.